The number of rotatable bonds is 2. The van der Waals surface area contributed by atoms with Gasteiger partial charge in [-0.3, -0.25) is 4.98 Å². The molecule has 2 heteroatoms. The Labute approximate surface area is 107 Å². The lowest BCUT2D eigenvalue weighted by atomic mass is 9.94. The van der Waals surface area contributed by atoms with Gasteiger partial charge in [0.15, 0.2) is 0 Å². The van der Waals surface area contributed by atoms with Gasteiger partial charge in [0.2, 0.25) is 0 Å². The number of benzene rings is 1. The maximum atomic E-state index is 6.55. The molecule has 1 unspecified atom stereocenters. The minimum atomic E-state index is -0.121. The Morgan fingerprint density at radius 2 is 1.76 bits per heavy atom. The average molecular weight is 246 g/mol. The minimum Gasteiger partial charge on any atom is -0.264 e. The largest absolute Gasteiger partial charge is 0.264 e. The van der Waals surface area contributed by atoms with E-state index in [4.69, 9.17) is 11.6 Å². The van der Waals surface area contributed by atoms with Crippen LogP contribution in [0, 0.1) is 20.8 Å². The molecule has 1 atom stereocenters. The van der Waals surface area contributed by atoms with Crippen LogP contribution in [0.3, 0.4) is 0 Å². The molecule has 0 amide bonds. The second-order valence-corrected chi connectivity index (χ2v) is 4.90. The fraction of sp³-hybridized carbons (Fsp3) is 0.267. The van der Waals surface area contributed by atoms with Crippen LogP contribution in [0.2, 0.25) is 0 Å². The molecular formula is C15H16ClN. The Morgan fingerprint density at radius 3 is 2.29 bits per heavy atom. The van der Waals surface area contributed by atoms with Gasteiger partial charge in [-0.15, -0.1) is 11.6 Å². The van der Waals surface area contributed by atoms with Crippen LogP contribution in [0.1, 0.15) is 33.2 Å². The molecule has 17 heavy (non-hydrogen) atoms. The lowest BCUT2D eigenvalue weighted by molar-refractivity contribution is 1.06. The summed E-state index contributed by atoms with van der Waals surface area (Å²) in [4.78, 5) is 4.12. The van der Waals surface area contributed by atoms with Crippen LogP contribution in [0.5, 0.6) is 0 Å². The Balaban J connectivity index is 2.48. The van der Waals surface area contributed by atoms with Crippen LogP contribution >= 0.6 is 11.6 Å². The van der Waals surface area contributed by atoms with E-state index in [-0.39, 0.29) is 5.38 Å². The molecule has 2 rings (SSSR count). The highest BCUT2D eigenvalue weighted by atomic mass is 35.5. The van der Waals surface area contributed by atoms with Crippen LogP contribution in [-0.4, -0.2) is 4.98 Å². The zero-order valence-corrected chi connectivity index (χ0v) is 11.1. The molecular weight excluding hydrogens is 230 g/mol. The summed E-state index contributed by atoms with van der Waals surface area (Å²) in [6.45, 7) is 6.33. The van der Waals surface area contributed by atoms with Crippen molar-refractivity contribution in [3.63, 3.8) is 0 Å². The van der Waals surface area contributed by atoms with Crippen molar-refractivity contribution < 1.29 is 0 Å². The van der Waals surface area contributed by atoms with E-state index in [2.05, 4.69) is 37.9 Å². The summed E-state index contributed by atoms with van der Waals surface area (Å²) in [5.74, 6) is 0. The number of nitrogens with zero attached hydrogens (tertiary/aromatic N) is 1. The summed E-state index contributed by atoms with van der Waals surface area (Å²) >= 11 is 6.55. The molecule has 0 saturated carbocycles. The van der Waals surface area contributed by atoms with Gasteiger partial charge in [-0.1, -0.05) is 23.8 Å². The first-order valence-electron chi connectivity index (χ1n) is 5.71. The van der Waals surface area contributed by atoms with Crippen molar-refractivity contribution >= 4 is 11.6 Å². The Hall–Kier alpha value is -1.34. The van der Waals surface area contributed by atoms with Crippen LogP contribution in [-0.2, 0) is 0 Å². The number of hydrogen-bond acceptors (Lipinski definition) is 1. The molecule has 0 aliphatic carbocycles. The van der Waals surface area contributed by atoms with E-state index in [0.29, 0.717) is 0 Å². The normalized spacial score (nSPS) is 12.5. The van der Waals surface area contributed by atoms with Gasteiger partial charge in [0.1, 0.15) is 0 Å². The molecule has 0 fully saturated rings. The average Bonchev–Trinajstić information content (AvgIpc) is 2.28. The summed E-state index contributed by atoms with van der Waals surface area (Å²) < 4.78 is 0. The van der Waals surface area contributed by atoms with Gasteiger partial charge < -0.3 is 0 Å². The SMILES string of the molecule is Cc1cc(C)c(C(Cl)c2cccnc2)c(C)c1. The topological polar surface area (TPSA) is 12.9 Å². The van der Waals surface area contributed by atoms with Crippen molar-refractivity contribution in [2.75, 3.05) is 0 Å². The summed E-state index contributed by atoms with van der Waals surface area (Å²) in [5.41, 5.74) is 6.01. The fourth-order valence-corrected chi connectivity index (χ4v) is 2.76. The van der Waals surface area contributed by atoms with Crippen LogP contribution < -0.4 is 0 Å². The van der Waals surface area contributed by atoms with Gasteiger partial charge >= 0.3 is 0 Å². The van der Waals surface area contributed by atoms with E-state index >= 15 is 0 Å². The van der Waals surface area contributed by atoms with Gasteiger partial charge in [-0.2, -0.15) is 0 Å². The maximum Gasteiger partial charge on any atom is 0.0855 e. The van der Waals surface area contributed by atoms with Gasteiger partial charge in [-0.25, -0.2) is 0 Å². The zero-order valence-electron chi connectivity index (χ0n) is 10.4. The van der Waals surface area contributed by atoms with Gasteiger partial charge in [0, 0.05) is 12.4 Å². The monoisotopic (exact) mass is 245 g/mol. The summed E-state index contributed by atoms with van der Waals surface area (Å²) in [5, 5.41) is -0.121. The number of alkyl halides is 1. The molecule has 1 aromatic carbocycles. The van der Waals surface area contributed by atoms with Crippen molar-refractivity contribution in [2.24, 2.45) is 0 Å². The van der Waals surface area contributed by atoms with E-state index < -0.39 is 0 Å². The quantitative estimate of drug-likeness (QED) is 0.718. The fourth-order valence-electron chi connectivity index (χ4n) is 2.28. The van der Waals surface area contributed by atoms with Crippen LogP contribution in [0.15, 0.2) is 36.7 Å². The molecule has 2 aromatic rings. The first kappa shape index (κ1) is 12.1. The molecule has 0 N–H and O–H groups in total. The van der Waals surface area contributed by atoms with E-state index in [9.17, 15) is 0 Å². The minimum absolute atomic E-state index is 0.121. The van der Waals surface area contributed by atoms with Gasteiger partial charge in [-0.05, 0) is 49.1 Å². The van der Waals surface area contributed by atoms with Gasteiger partial charge in [0.05, 0.1) is 5.38 Å². The van der Waals surface area contributed by atoms with Crippen molar-refractivity contribution in [3.8, 4) is 0 Å². The number of halogens is 1. The van der Waals surface area contributed by atoms with E-state index in [0.717, 1.165) is 5.56 Å². The standard InChI is InChI=1S/C15H16ClN/c1-10-7-11(2)14(12(3)8-10)15(16)13-5-4-6-17-9-13/h4-9,15H,1-3H3. The van der Waals surface area contributed by atoms with E-state index in [1.54, 1.807) is 6.20 Å². The smallest absolute Gasteiger partial charge is 0.0855 e. The van der Waals surface area contributed by atoms with E-state index in [1.807, 2.05) is 18.3 Å². The molecule has 0 spiro atoms. The molecule has 1 nitrogen and oxygen atoms in total. The summed E-state index contributed by atoms with van der Waals surface area (Å²) in [6, 6.07) is 8.29. The Bertz CT molecular complexity index is 497. The molecule has 88 valence electrons. The third-order valence-electron chi connectivity index (χ3n) is 2.97. The van der Waals surface area contributed by atoms with Crippen molar-refractivity contribution in [3.05, 3.63) is 64.5 Å². The molecule has 0 bridgehead atoms. The highest BCUT2D eigenvalue weighted by Gasteiger charge is 2.15. The highest BCUT2D eigenvalue weighted by molar-refractivity contribution is 6.22. The lowest BCUT2D eigenvalue weighted by Crippen LogP contribution is -2.00. The van der Waals surface area contributed by atoms with Crippen LogP contribution in [0.25, 0.3) is 0 Å². The molecule has 0 saturated heterocycles. The number of pyridine rings is 1. The van der Waals surface area contributed by atoms with Crippen molar-refractivity contribution in [1.29, 1.82) is 0 Å². The predicted octanol–water partition coefficient (Wildman–Crippen LogP) is 4.34. The third kappa shape index (κ3) is 2.50. The zero-order chi connectivity index (χ0) is 12.4. The third-order valence-corrected chi connectivity index (χ3v) is 3.44. The second kappa shape index (κ2) is 4.89. The molecule has 0 aliphatic heterocycles. The molecule has 1 heterocycles. The van der Waals surface area contributed by atoms with Crippen LogP contribution in [0.4, 0.5) is 0 Å². The number of aryl methyl sites for hydroxylation is 3. The van der Waals surface area contributed by atoms with E-state index in [1.165, 1.54) is 22.3 Å². The number of hydrogen-bond donors (Lipinski definition) is 0. The van der Waals surface area contributed by atoms with Crippen molar-refractivity contribution in [1.82, 2.24) is 4.98 Å². The molecule has 0 radical (unpaired) electrons. The Kier molecular flexibility index (Phi) is 3.49. The number of aromatic nitrogens is 1. The first-order valence-corrected chi connectivity index (χ1v) is 6.15. The highest BCUT2D eigenvalue weighted by Crippen LogP contribution is 2.33. The van der Waals surface area contributed by atoms with Crippen molar-refractivity contribution in [2.45, 2.75) is 26.1 Å². The summed E-state index contributed by atoms with van der Waals surface area (Å²) in [6.07, 6.45) is 3.60. The molecule has 1 aromatic heterocycles. The predicted molar refractivity (Wildman–Crippen MR) is 72.6 cm³/mol. The summed E-state index contributed by atoms with van der Waals surface area (Å²) in [7, 11) is 0. The Morgan fingerprint density at radius 1 is 1.12 bits per heavy atom. The first-order chi connectivity index (χ1) is 8.09. The molecule has 0 aliphatic rings. The van der Waals surface area contributed by atoms with Gasteiger partial charge in [0.25, 0.3) is 0 Å². The second-order valence-electron chi connectivity index (χ2n) is 4.46. The lowest BCUT2D eigenvalue weighted by Gasteiger charge is -2.16. The maximum absolute atomic E-state index is 6.55.